The lowest BCUT2D eigenvalue weighted by atomic mass is 9.80. The zero-order valence-electron chi connectivity index (χ0n) is 21.6. The Morgan fingerprint density at radius 3 is 2.58 bits per heavy atom. The Morgan fingerprint density at radius 1 is 1.03 bits per heavy atom. The van der Waals surface area contributed by atoms with Crippen LogP contribution in [0, 0.1) is 11.8 Å². The van der Waals surface area contributed by atoms with Gasteiger partial charge in [-0.15, -0.1) is 0 Å². The van der Waals surface area contributed by atoms with Crippen LogP contribution in [0.3, 0.4) is 0 Å². The summed E-state index contributed by atoms with van der Waals surface area (Å²) in [6.45, 7) is 8.43. The minimum Gasteiger partial charge on any atom is -0.493 e. The first-order chi connectivity index (χ1) is 17.4. The van der Waals surface area contributed by atoms with Crippen LogP contribution in [0.25, 0.3) is 0 Å². The van der Waals surface area contributed by atoms with Gasteiger partial charge >= 0.3 is 6.03 Å². The molecule has 4 amide bonds. The lowest BCUT2D eigenvalue weighted by Crippen LogP contribution is -2.51. The first kappa shape index (κ1) is 26.3. The molecule has 3 heterocycles. The summed E-state index contributed by atoms with van der Waals surface area (Å²) in [5.74, 6) is 1.35. The van der Waals surface area contributed by atoms with Crippen LogP contribution < -0.4 is 10.1 Å². The van der Waals surface area contributed by atoms with Crippen molar-refractivity contribution in [3.63, 3.8) is 0 Å². The summed E-state index contributed by atoms with van der Waals surface area (Å²) in [4.78, 5) is 44.7. The highest BCUT2D eigenvalue weighted by Crippen LogP contribution is 2.32. The Balaban J connectivity index is 1.50. The fraction of sp³-hybridized carbons (Fsp3) is 0.667. The van der Waals surface area contributed by atoms with Crippen molar-refractivity contribution in [3.8, 4) is 5.75 Å². The maximum Gasteiger partial charge on any atom is 0.318 e. The molecule has 0 aromatic heterocycles. The summed E-state index contributed by atoms with van der Waals surface area (Å²) in [5.41, 5.74) is 0.885. The van der Waals surface area contributed by atoms with Gasteiger partial charge in [-0.25, -0.2) is 4.79 Å². The highest BCUT2D eigenvalue weighted by molar-refractivity contribution is 5.84. The molecule has 1 aromatic carbocycles. The zero-order chi connectivity index (χ0) is 25.5. The van der Waals surface area contributed by atoms with Crippen molar-refractivity contribution in [1.82, 2.24) is 20.0 Å². The van der Waals surface area contributed by atoms with Crippen LogP contribution in [-0.4, -0.2) is 91.1 Å². The molecule has 36 heavy (non-hydrogen) atoms. The molecule has 9 heteroatoms. The number of hydrogen-bond donors (Lipinski definition) is 1. The third-order valence-corrected chi connectivity index (χ3v) is 7.38. The summed E-state index contributed by atoms with van der Waals surface area (Å²) >= 11 is 0. The van der Waals surface area contributed by atoms with Gasteiger partial charge in [-0.1, -0.05) is 18.2 Å². The molecule has 2 atom stereocenters. The molecule has 2 bridgehead atoms. The smallest absolute Gasteiger partial charge is 0.318 e. The van der Waals surface area contributed by atoms with Crippen LogP contribution in [-0.2, 0) is 20.9 Å². The number of amides is 4. The monoisotopic (exact) mass is 500 g/mol. The maximum atomic E-state index is 13.4. The Morgan fingerprint density at radius 2 is 1.81 bits per heavy atom. The molecule has 2 saturated heterocycles. The molecule has 3 aliphatic heterocycles. The number of nitrogens with one attached hydrogen (secondary N) is 1. The van der Waals surface area contributed by atoms with Crippen LogP contribution >= 0.6 is 0 Å². The van der Waals surface area contributed by atoms with Crippen LogP contribution in [0.1, 0.15) is 45.1 Å². The molecule has 198 valence electrons. The Bertz CT molecular complexity index is 917. The number of benzene rings is 1. The standard InChI is InChI=1S/C27H40N4O5/c1-20(2)28-27(34)31-18-23-6-3-4-8-24(23)36-13-5-7-22-17-30(26(33)19-31)10-9-21(22)16-25(32)29-11-14-35-15-12-29/h3-4,6,8,20-22H,5,7,9-19H2,1-2H3,(H,28,34)/t21-,22-/m0/s1. The van der Waals surface area contributed by atoms with Crippen LogP contribution in [0.5, 0.6) is 5.75 Å². The molecule has 0 saturated carbocycles. The van der Waals surface area contributed by atoms with Gasteiger partial charge in [0, 0.05) is 44.2 Å². The fourth-order valence-corrected chi connectivity index (χ4v) is 5.38. The van der Waals surface area contributed by atoms with E-state index in [9.17, 15) is 14.4 Å². The summed E-state index contributed by atoms with van der Waals surface area (Å²) in [7, 11) is 0. The molecule has 3 aliphatic rings. The van der Waals surface area contributed by atoms with E-state index >= 15 is 0 Å². The van der Waals surface area contributed by atoms with E-state index in [1.165, 1.54) is 0 Å². The van der Waals surface area contributed by atoms with Gasteiger partial charge in [0.15, 0.2) is 0 Å². The first-order valence-electron chi connectivity index (χ1n) is 13.3. The van der Waals surface area contributed by atoms with Gasteiger partial charge in [0.2, 0.25) is 11.8 Å². The number of urea groups is 1. The second kappa shape index (κ2) is 12.4. The van der Waals surface area contributed by atoms with Crippen molar-refractivity contribution in [2.75, 3.05) is 52.5 Å². The molecule has 0 radical (unpaired) electrons. The molecular weight excluding hydrogens is 460 g/mol. The molecule has 1 aromatic rings. The van der Waals surface area contributed by atoms with E-state index in [0.29, 0.717) is 59.0 Å². The van der Waals surface area contributed by atoms with Gasteiger partial charge in [0.1, 0.15) is 12.3 Å². The van der Waals surface area contributed by atoms with Gasteiger partial charge in [0.05, 0.1) is 26.4 Å². The third-order valence-electron chi connectivity index (χ3n) is 7.38. The third kappa shape index (κ3) is 6.90. The summed E-state index contributed by atoms with van der Waals surface area (Å²) in [6.07, 6.45) is 3.05. The van der Waals surface area contributed by atoms with E-state index in [1.807, 2.05) is 47.9 Å². The molecular formula is C27H40N4O5. The first-order valence-corrected chi connectivity index (χ1v) is 13.3. The van der Waals surface area contributed by atoms with Crippen molar-refractivity contribution in [2.24, 2.45) is 11.8 Å². The Labute approximate surface area is 214 Å². The van der Waals surface area contributed by atoms with Crippen molar-refractivity contribution in [3.05, 3.63) is 29.8 Å². The lowest BCUT2D eigenvalue weighted by molar-refractivity contribution is -0.138. The minimum atomic E-state index is -0.259. The van der Waals surface area contributed by atoms with Crippen LogP contribution in [0.4, 0.5) is 4.79 Å². The molecule has 2 fully saturated rings. The molecule has 0 spiro atoms. The number of piperidine rings is 1. The zero-order valence-corrected chi connectivity index (χ0v) is 21.6. The van der Waals surface area contributed by atoms with Crippen LogP contribution in [0.15, 0.2) is 24.3 Å². The summed E-state index contributed by atoms with van der Waals surface area (Å²) in [5, 5.41) is 2.93. The SMILES string of the molecule is CC(C)NC(=O)N1CC(=O)N2CC[C@@H](CC(=O)N3CCOCC3)[C@@H](CCCOc3ccccc3C1)C2. The van der Waals surface area contributed by atoms with Crippen molar-refractivity contribution in [1.29, 1.82) is 0 Å². The van der Waals surface area contributed by atoms with E-state index in [2.05, 4.69) is 5.32 Å². The van der Waals surface area contributed by atoms with E-state index in [-0.39, 0.29) is 42.3 Å². The number of carbonyl (C=O) groups is 3. The van der Waals surface area contributed by atoms with Crippen molar-refractivity contribution < 1.29 is 23.9 Å². The normalized spacial score (nSPS) is 23.6. The average Bonchev–Trinajstić information content (AvgIpc) is 2.88. The van der Waals surface area contributed by atoms with E-state index in [1.54, 1.807) is 4.90 Å². The van der Waals surface area contributed by atoms with Gasteiger partial charge in [-0.2, -0.15) is 0 Å². The molecule has 4 rings (SSSR count). The minimum absolute atomic E-state index is 0.0109. The molecule has 1 N–H and O–H groups in total. The van der Waals surface area contributed by atoms with Gasteiger partial charge in [-0.05, 0) is 51.0 Å². The van der Waals surface area contributed by atoms with Gasteiger partial charge in [0.25, 0.3) is 0 Å². The molecule has 0 unspecified atom stereocenters. The number of fused-ring (bicyclic) bond motifs is 3. The number of ether oxygens (including phenoxy) is 2. The average molecular weight is 501 g/mol. The number of hydrogen-bond acceptors (Lipinski definition) is 5. The van der Waals surface area contributed by atoms with Gasteiger partial charge < -0.3 is 29.5 Å². The predicted octanol–water partition coefficient (Wildman–Crippen LogP) is 2.49. The summed E-state index contributed by atoms with van der Waals surface area (Å²) in [6, 6.07) is 7.42. The van der Waals surface area contributed by atoms with E-state index in [0.717, 1.165) is 30.6 Å². The predicted molar refractivity (Wildman–Crippen MR) is 135 cm³/mol. The number of nitrogens with zero attached hydrogens (tertiary/aromatic N) is 3. The van der Waals surface area contributed by atoms with Crippen molar-refractivity contribution >= 4 is 17.8 Å². The number of morpholine rings is 1. The topological polar surface area (TPSA) is 91.4 Å². The fourth-order valence-electron chi connectivity index (χ4n) is 5.38. The Kier molecular flexibility index (Phi) is 9.07. The van der Waals surface area contributed by atoms with E-state index < -0.39 is 0 Å². The number of carbonyl (C=O) groups excluding carboxylic acids is 3. The lowest BCUT2D eigenvalue weighted by Gasteiger charge is -2.40. The molecule has 9 nitrogen and oxygen atoms in total. The van der Waals surface area contributed by atoms with E-state index in [4.69, 9.17) is 9.47 Å². The van der Waals surface area contributed by atoms with Crippen molar-refractivity contribution in [2.45, 2.75) is 52.1 Å². The molecule has 0 aliphatic carbocycles. The maximum absolute atomic E-state index is 13.4. The highest BCUT2D eigenvalue weighted by atomic mass is 16.5. The summed E-state index contributed by atoms with van der Waals surface area (Å²) < 4.78 is 11.5. The Hall–Kier alpha value is -2.81. The highest BCUT2D eigenvalue weighted by Gasteiger charge is 2.35. The second-order valence-corrected chi connectivity index (χ2v) is 10.4. The largest absolute Gasteiger partial charge is 0.493 e. The second-order valence-electron chi connectivity index (χ2n) is 10.4. The van der Waals surface area contributed by atoms with Gasteiger partial charge in [-0.3, -0.25) is 9.59 Å². The number of para-hydroxylation sites is 1. The van der Waals surface area contributed by atoms with Crippen LogP contribution in [0.2, 0.25) is 0 Å². The number of rotatable bonds is 3. The quantitative estimate of drug-likeness (QED) is 0.689.